The van der Waals surface area contributed by atoms with Crippen LogP contribution in [0.5, 0.6) is 0 Å². The summed E-state index contributed by atoms with van der Waals surface area (Å²) in [6, 6.07) is 0. The summed E-state index contributed by atoms with van der Waals surface area (Å²) >= 11 is 0. The van der Waals surface area contributed by atoms with Crippen LogP contribution in [0.3, 0.4) is 0 Å². The second-order valence-electron chi connectivity index (χ2n) is 5.89. The summed E-state index contributed by atoms with van der Waals surface area (Å²) < 4.78 is 22.2. The smallest absolute Gasteiger partial charge is 0.200 e. The van der Waals surface area contributed by atoms with E-state index >= 15 is 0 Å². The average Bonchev–Trinajstić information content (AvgIpc) is 2.49. The topological polar surface area (TPSA) is 74.6 Å². The molecule has 0 spiro atoms. The van der Waals surface area contributed by atoms with E-state index in [1.54, 1.807) is 13.8 Å². The molecular weight excluding hydrogens is 374 g/mol. The van der Waals surface area contributed by atoms with Gasteiger partial charge in [-0.05, 0) is 12.8 Å². The quantitative estimate of drug-likeness (QED) is 0.245. The summed E-state index contributed by atoms with van der Waals surface area (Å²) in [5.74, 6) is 0. The summed E-state index contributed by atoms with van der Waals surface area (Å²) in [7, 11) is -5.43. The molecule has 0 amide bonds. The van der Waals surface area contributed by atoms with Gasteiger partial charge in [-0.2, -0.15) is 0 Å². The fourth-order valence-corrected chi connectivity index (χ4v) is 3.96. The molecule has 0 radical (unpaired) electrons. The molecule has 0 rings (SSSR count). The monoisotopic (exact) mass is 412 g/mol. The summed E-state index contributed by atoms with van der Waals surface area (Å²) in [4.78, 5) is 18.4. The van der Waals surface area contributed by atoms with Crippen molar-refractivity contribution in [2.75, 3.05) is 24.6 Å². The fraction of sp³-hybridized carbons (Fsp3) is 1.00. The van der Waals surface area contributed by atoms with Crippen molar-refractivity contribution in [3.8, 4) is 0 Å². The standard InChI is InChI=1S/2C8H19O2P.Fe/c2*1-3-5-6-7-8-11(9,10)4-2;/h2*3-8H2,1-2H3,(H,9,10);. The van der Waals surface area contributed by atoms with Crippen LogP contribution in [0.1, 0.15) is 79.1 Å². The van der Waals surface area contributed by atoms with E-state index < -0.39 is 14.7 Å². The summed E-state index contributed by atoms with van der Waals surface area (Å²) in [5.41, 5.74) is 0. The van der Waals surface area contributed by atoms with E-state index in [0.29, 0.717) is 24.6 Å². The predicted octanol–water partition coefficient (Wildman–Crippen LogP) is 5.71. The Hall–Kier alpha value is 0.899. The second kappa shape index (κ2) is 17.7. The van der Waals surface area contributed by atoms with Gasteiger partial charge in [-0.15, -0.1) is 0 Å². The largest absolute Gasteiger partial charge is 0.344 e. The van der Waals surface area contributed by atoms with Gasteiger partial charge in [-0.3, -0.25) is 9.13 Å². The minimum absolute atomic E-state index is 0. The van der Waals surface area contributed by atoms with Crippen LogP contribution in [0.25, 0.3) is 0 Å². The van der Waals surface area contributed by atoms with Crippen LogP contribution in [0.15, 0.2) is 0 Å². The third-order valence-electron chi connectivity index (χ3n) is 3.71. The van der Waals surface area contributed by atoms with Crippen molar-refractivity contribution in [2.45, 2.75) is 79.1 Å². The van der Waals surface area contributed by atoms with Gasteiger partial charge in [0.1, 0.15) is 0 Å². The Morgan fingerprint density at radius 1 is 0.609 bits per heavy atom. The number of hydrogen-bond donors (Lipinski definition) is 2. The molecule has 2 unspecified atom stereocenters. The maximum absolute atomic E-state index is 11.1. The molecule has 0 aliphatic carbocycles. The Morgan fingerprint density at radius 3 is 1.13 bits per heavy atom. The maximum atomic E-state index is 11.1. The van der Waals surface area contributed by atoms with E-state index in [0.717, 1.165) is 25.7 Å². The SMILES string of the molecule is CCCCCCP(=O)(O)CC.CCCCCCP(=O)(O)CC.[Fe]. The van der Waals surface area contributed by atoms with Crippen molar-refractivity contribution in [1.29, 1.82) is 0 Å². The van der Waals surface area contributed by atoms with Crippen LogP contribution in [-0.2, 0) is 26.2 Å². The zero-order chi connectivity index (χ0) is 17.5. The van der Waals surface area contributed by atoms with Gasteiger partial charge >= 0.3 is 0 Å². The molecule has 0 aromatic carbocycles. The van der Waals surface area contributed by atoms with E-state index in [-0.39, 0.29) is 17.1 Å². The fourth-order valence-electron chi connectivity index (χ4n) is 1.89. The molecule has 4 nitrogen and oxygen atoms in total. The molecule has 0 aromatic heterocycles. The molecule has 0 aliphatic heterocycles. The normalized spacial score (nSPS) is 15.6. The third-order valence-corrected chi connectivity index (χ3v) is 7.72. The molecule has 0 bridgehead atoms. The van der Waals surface area contributed by atoms with Gasteiger partial charge in [-0.1, -0.05) is 66.2 Å². The first-order valence-corrected chi connectivity index (χ1v) is 12.9. The molecule has 2 atom stereocenters. The van der Waals surface area contributed by atoms with E-state index in [9.17, 15) is 18.9 Å². The first kappa shape index (κ1) is 28.7. The van der Waals surface area contributed by atoms with E-state index in [1.807, 2.05) is 0 Å². The van der Waals surface area contributed by atoms with Crippen LogP contribution >= 0.6 is 14.7 Å². The van der Waals surface area contributed by atoms with Crippen molar-refractivity contribution in [1.82, 2.24) is 0 Å². The van der Waals surface area contributed by atoms with E-state index in [1.165, 1.54) is 25.7 Å². The summed E-state index contributed by atoms with van der Waals surface area (Å²) in [5, 5.41) is 0. The van der Waals surface area contributed by atoms with Crippen molar-refractivity contribution in [3.63, 3.8) is 0 Å². The Balaban J connectivity index is -0.000000333. The Labute approximate surface area is 154 Å². The van der Waals surface area contributed by atoms with Crippen molar-refractivity contribution < 1.29 is 36.0 Å². The van der Waals surface area contributed by atoms with Crippen LogP contribution in [-0.4, -0.2) is 34.4 Å². The molecular formula is C16H38FeO4P2. The summed E-state index contributed by atoms with van der Waals surface area (Å²) in [6.45, 7) is 7.83. The van der Waals surface area contributed by atoms with Gasteiger partial charge in [0.15, 0.2) is 14.7 Å². The Kier molecular flexibility index (Phi) is 22.1. The van der Waals surface area contributed by atoms with Gasteiger partial charge < -0.3 is 9.79 Å². The van der Waals surface area contributed by atoms with Gasteiger partial charge in [0.2, 0.25) is 0 Å². The molecule has 0 aromatic rings. The van der Waals surface area contributed by atoms with Gasteiger partial charge in [0.05, 0.1) is 0 Å². The minimum atomic E-state index is -2.71. The zero-order valence-electron chi connectivity index (χ0n) is 15.4. The predicted molar refractivity (Wildman–Crippen MR) is 98.8 cm³/mol. The number of hydrogen-bond acceptors (Lipinski definition) is 2. The molecule has 0 fully saturated rings. The first-order chi connectivity index (χ1) is 10.2. The Bertz CT molecular complexity index is 306. The molecule has 144 valence electrons. The average molecular weight is 412 g/mol. The molecule has 0 heterocycles. The maximum Gasteiger partial charge on any atom is 0.200 e. The van der Waals surface area contributed by atoms with Gasteiger partial charge in [0.25, 0.3) is 0 Å². The molecule has 23 heavy (non-hydrogen) atoms. The molecule has 7 heteroatoms. The summed E-state index contributed by atoms with van der Waals surface area (Å²) in [6.07, 6.45) is 10.6. The number of unbranched alkanes of at least 4 members (excludes halogenated alkanes) is 6. The van der Waals surface area contributed by atoms with Gasteiger partial charge in [0, 0.05) is 41.7 Å². The minimum Gasteiger partial charge on any atom is -0.344 e. The zero-order valence-corrected chi connectivity index (χ0v) is 18.3. The molecule has 0 saturated heterocycles. The van der Waals surface area contributed by atoms with Gasteiger partial charge in [-0.25, -0.2) is 0 Å². The Morgan fingerprint density at radius 2 is 0.913 bits per heavy atom. The van der Waals surface area contributed by atoms with E-state index in [4.69, 9.17) is 0 Å². The molecule has 0 aliphatic rings. The molecule has 0 saturated carbocycles. The second-order valence-corrected chi connectivity index (χ2v) is 11.4. The van der Waals surface area contributed by atoms with Crippen LogP contribution in [0.4, 0.5) is 0 Å². The van der Waals surface area contributed by atoms with Crippen molar-refractivity contribution in [2.24, 2.45) is 0 Å². The number of rotatable bonds is 12. The van der Waals surface area contributed by atoms with Crippen LogP contribution < -0.4 is 0 Å². The third kappa shape index (κ3) is 22.9. The van der Waals surface area contributed by atoms with Crippen molar-refractivity contribution >= 4 is 14.7 Å². The van der Waals surface area contributed by atoms with Crippen LogP contribution in [0, 0.1) is 0 Å². The first-order valence-electron chi connectivity index (χ1n) is 8.86. The van der Waals surface area contributed by atoms with E-state index in [2.05, 4.69) is 13.8 Å². The van der Waals surface area contributed by atoms with Crippen LogP contribution in [0.2, 0.25) is 0 Å². The van der Waals surface area contributed by atoms with Crippen molar-refractivity contribution in [3.05, 3.63) is 0 Å². The molecule has 2 N–H and O–H groups in total.